The van der Waals surface area contributed by atoms with Gasteiger partial charge in [0.1, 0.15) is 0 Å². The molecular weight excluding hydrogens is 254 g/mol. The normalized spacial score (nSPS) is 19.8. The minimum atomic E-state index is 0.0887. The molecule has 0 saturated carbocycles. The summed E-state index contributed by atoms with van der Waals surface area (Å²) in [5.41, 5.74) is 3.34. The molecule has 2 aliphatic heterocycles. The molecule has 0 N–H and O–H groups in total. The Balaban J connectivity index is 1.60. The summed E-state index contributed by atoms with van der Waals surface area (Å²) in [6, 6.07) is 5.85. The minimum absolute atomic E-state index is 0.0887. The molecule has 1 aromatic carbocycles. The molecule has 0 saturated heterocycles. The molecule has 0 fully saturated rings. The molecule has 102 valence electrons. The van der Waals surface area contributed by atoms with Crippen LogP contribution in [0.15, 0.2) is 41.6 Å². The minimum Gasteiger partial charge on any atom is -0.454 e. The molecule has 20 heavy (non-hydrogen) atoms. The van der Waals surface area contributed by atoms with E-state index in [0.717, 1.165) is 42.0 Å². The first-order valence-electron chi connectivity index (χ1n) is 6.92. The molecule has 0 spiro atoms. The van der Waals surface area contributed by atoms with Gasteiger partial charge in [-0.2, -0.15) is 0 Å². The van der Waals surface area contributed by atoms with Crippen molar-refractivity contribution in [2.24, 2.45) is 0 Å². The fraction of sp³-hybridized carbons (Fsp3) is 0.312. The highest BCUT2D eigenvalue weighted by molar-refractivity contribution is 5.94. The predicted molar refractivity (Wildman–Crippen MR) is 73.1 cm³/mol. The molecule has 3 aliphatic rings. The van der Waals surface area contributed by atoms with Crippen LogP contribution in [-0.2, 0) is 11.3 Å². The van der Waals surface area contributed by atoms with Gasteiger partial charge in [-0.1, -0.05) is 12.1 Å². The van der Waals surface area contributed by atoms with Gasteiger partial charge in [0.25, 0.3) is 5.91 Å². The molecule has 0 radical (unpaired) electrons. The van der Waals surface area contributed by atoms with Gasteiger partial charge >= 0.3 is 0 Å². The Morgan fingerprint density at radius 3 is 3.05 bits per heavy atom. The first kappa shape index (κ1) is 11.6. The van der Waals surface area contributed by atoms with Crippen molar-refractivity contribution in [2.75, 3.05) is 6.79 Å². The van der Waals surface area contributed by atoms with E-state index in [1.807, 2.05) is 23.1 Å². The van der Waals surface area contributed by atoms with Gasteiger partial charge in [0, 0.05) is 11.8 Å². The topological polar surface area (TPSA) is 38.8 Å². The van der Waals surface area contributed by atoms with Crippen molar-refractivity contribution in [2.45, 2.75) is 25.8 Å². The summed E-state index contributed by atoms with van der Waals surface area (Å²) in [7, 11) is 0. The van der Waals surface area contributed by atoms with E-state index in [4.69, 9.17) is 9.47 Å². The van der Waals surface area contributed by atoms with E-state index >= 15 is 0 Å². The number of carbonyl (C=O) groups excluding carboxylic acids is 1. The summed E-state index contributed by atoms with van der Waals surface area (Å²) in [4.78, 5) is 14.0. The van der Waals surface area contributed by atoms with Crippen LogP contribution < -0.4 is 9.47 Å². The highest BCUT2D eigenvalue weighted by atomic mass is 16.7. The Hall–Kier alpha value is -2.23. The summed E-state index contributed by atoms with van der Waals surface area (Å²) >= 11 is 0. The highest BCUT2D eigenvalue weighted by Gasteiger charge is 2.28. The molecular formula is C16H15NO3. The number of amides is 1. The number of allylic oxidation sites excluding steroid dienone is 2. The van der Waals surface area contributed by atoms with Crippen molar-refractivity contribution in [3.05, 3.63) is 47.2 Å². The number of benzene rings is 1. The second-order valence-electron chi connectivity index (χ2n) is 5.26. The van der Waals surface area contributed by atoms with Gasteiger partial charge in [-0.3, -0.25) is 4.79 Å². The third kappa shape index (κ3) is 1.80. The van der Waals surface area contributed by atoms with Crippen molar-refractivity contribution in [3.8, 4) is 11.5 Å². The van der Waals surface area contributed by atoms with Crippen LogP contribution in [0.2, 0.25) is 0 Å². The van der Waals surface area contributed by atoms with Crippen molar-refractivity contribution >= 4 is 5.91 Å². The van der Waals surface area contributed by atoms with Crippen LogP contribution in [0, 0.1) is 0 Å². The molecule has 1 aliphatic carbocycles. The Morgan fingerprint density at radius 1 is 1.20 bits per heavy atom. The third-order valence-electron chi connectivity index (χ3n) is 3.95. The lowest BCUT2D eigenvalue weighted by Gasteiger charge is -2.22. The van der Waals surface area contributed by atoms with E-state index in [9.17, 15) is 4.79 Å². The summed E-state index contributed by atoms with van der Waals surface area (Å²) in [5, 5.41) is 0. The molecule has 0 unspecified atom stereocenters. The Bertz CT molecular complexity index is 645. The van der Waals surface area contributed by atoms with Crippen molar-refractivity contribution in [1.82, 2.24) is 4.90 Å². The van der Waals surface area contributed by atoms with E-state index in [0.29, 0.717) is 6.54 Å². The lowest BCUT2D eigenvalue weighted by atomic mass is 10.00. The van der Waals surface area contributed by atoms with Crippen molar-refractivity contribution < 1.29 is 14.3 Å². The van der Waals surface area contributed by atoms with Crippen LogP contribution in [0.4, 0.5) is 0 Å². The number of rotatable bonds is 2. The number of hydrogen-bond donors (Lipinski definition) is 0. The van der Waals surface area contributed by atoms with Gasteiger partial charge in [-0.05, 0) is 42.5 Å². The molecule has 4 rings (SSSR count). The lowest BCUT2D eigenvalue weighted by molar-refractivity contribution is -0.123. The van der Waals surface area contributed by atoms with Gasteiger partial charge in [0.05, 0.1) is 6.54 Å². The Morgan fingerprint density at radius 2 is 2.10 bits per heavy atom. The van der Waals surface area contributed by atoms with Crippen LogP contribution >= 0.6 is 0 Å². The van der Waals surface area contributed by atoms with Crippen LogP contribution in [-0.4, -0.2) is 17.6 Å². The van der Waals surface area contributed by atoms with Gasteiger partial charge in [0.15, 0.2) is 11.5 Å². The fourth-order valence-electron chi connectivity index (χ4n) is 2.95. The lowest BCUT2D eigenvalue weighted by Crippen LogP contribution is -2.24. The smallest absolute Gasteiger partial charge is 0.251 e. The predicted octanol–water partition coefficient (Wildman–Crippen LogP) is 2.75. The van der Waals surface area contributed by atoms with Crippen LogP contribution in [0.25, 0.3) is 0 Å². The maximum absolute atomic E-state index is 12.1. The molecule has 0 atom stereocenters. The molecule has 4 heteroatoms. The van der Waals surface area contributed by atoms with E-state index in [1.165, 1.54) is 5.57 Å². The van der Waals surface area contributed by atoms with Crippen LogP contribution in [0.3, 0.4) is 0 Å². The summed E-state index contributed by atoms with van der Waals surface area (Å²) in [6.45, 7) is 0.861. The van der Waals surface area contributed by atoms with Gasteiger partial charge < -0.3 is 14.4 Å². The molecule has 2 heterocycles. The van der Waals surface area contributed by atoms with Gasteiger partial charge in [-0.25, -0.2) is 0 Å². The highest BCUT2D eigenvalue weighted by Crippen LogP contribution is 2.36. The van der Waals surface area contributed by atoms with Crippen LogP contribution in [0.5, 0.6) is 11.5 Å². The number of ether oxygens (including phenoxy) is 2. The first-order chi connectivity index (χ1) is 9.81. The van der Waals surface area contributed by atoms with Crippen LogP contribution in [0.1, 0.15) is 24.8 Å². The zero-order valence-corrected chi connectivity index (χ0v) is 11.1. The largest absolute Gasteiger partial charge is 0.454 e. The number of nitrogens with zero attached hydrogens (tertiary/aromatic N) is 1. The zero-order valence-electron chi connectivity index (χ0n) is 11.1. The quantitative estimate of drug-likeness (QED) is 0.828. The van der Waals surface area contributed by atoms with E-state index in [1.54, 1.807) is 6.08 Å². The number of hydrogen-bond acceptors (Lipinski definition) is 3. The summed E-state index contributed by atoms with van der Waals surface area (Å²) in [6.07, 6.45) is 7.15. The van der Waals surface area contributed by atoms with Crippen molar-refractivity contribution in [1.29, 1.82) is 0 Å². The van der Waals surface area contributed by atoms with E-state index in [-0.39, 0.29) is 12.7 Å². The second kappa shape index (κ2) is 4.40. The van der Waals surface area contributed by atoms with Gasteiger partial charge in [0.2, 0.25) is 6.79 Å². The average Bonchev–Trinajstić information content (AvgIpc) is 3.04. The van der Waals surface area contributed by atoms with Crippen molar-refractivity contribution in [3.63, 3.8) is 0 Å². The average molecular weight is 269 g/mol. The molecule has 1 amide bonds. The SMILES string of the molecule is O=C1C=C2CCCC=C2N1Cc1ccc2c(c1)OCO2. The fourth-order valence-corrected chi connectivity index (χ4v) is 2.95. The summed E-state index contributed by atoms with van der Waals surface area (Å²) < 4.78 is 10.7. The molecule has 1 aromatic rings. The molecule has 0 aromatic heterocycles. The number of fused-ring (bicyclic) bond motifs is 2. The summed E-state index contributed by atoms with van der Waals surface area (Å²) in [5.74, 6) is 1.63. The Kier molecular flexibility index (Phi) is 2.55. The van der Waals surface area contributed by atoms with E-state index < -0.39 is 0 Å². The molecule has 4 nitrogen and oxygen atoms in total. The first-order valence-corrected chi connectivity index (χ1v) is 6.92. The van der Waals surface area contributed by atoms with Gasteiger partial charge in [-0.15, -0.1) is 0 Å². The second-order valence-corrected chi connectivity index (χ2v) is 5.26. The third-order valence-corrected chi connectivity index (χ3v) is 3.95. The molecule has 0 bridgehead atoms. The Labute approximate surface area is 117 Å². The van der Waals surface area contributed by atoms with E-state index in [2.05, 4.69) is 6.08 Å². The zero-order chi connectivity index (χ0) is 13.5. The maximum atomic E-state index is 12.1. The standard InChI is InChI=1S/C16H15NO3/c18-16-8-12-3-1-2-4-13(12)17(16)9-11-5-6-14-15(7-11)20-10-19-14/h4-8H,1-3,9-10H2. The number of carbonyl (C=O) groups is 1. The maximum Gasteiger partial charge on any atom is 0.251 e. The monoisotopic (exact) mass is 269 g/mol.